The first-order valence-corrected chi connectivity index (χ1v) is 5.36. The lowest BCUT2D eigenvalue weighted by Crippen LogP contribution is -1.86. The maximum absolute atomic E-state index is 12.8. The predicted octanol–water partition coefficient (Wildman–Crippen LogP) is 3.43. The minimum atomic E-state index is -0.460. The van der Waals surface area contributed by atoms with Gasteiger partial charge in [-0.3, -0.25) is 0 Å². The van der Waals surface area contributed by atoms with Gasteiger partial charge in [0.05, 0.1) is 5.69 Å². The molecular weight excluding hydrogens is 215 g/mol. The third kappa shape index (κ3) is 3.14. The van der Waals surface area contributed by atoms with E-state index in [0.717, 1.165) is 11.3 Å². The first kappa shape index (κ1) is 11.3. The summed E-state index contributed by atoms with van der Waals surface area (Å²) >= 11 is 0. The second kappa shape index (κ2) is 5.25. The Balaban J connectivity index is 2.14. The lowest BCUT2D eigenvalue weighted by atomic mass is 10.2. The summed E-state index contributed by atoms with van der Waals surface area (Å²) < 4.78 is 12.8. The molecule has 0 fully saturated rings. The average molecular weight is 228 g/mol. The fourth-order valence-corrected chi connectivity index (χ4v) is 1.46. The van der Waals surface area contributed by atoms with Gasteiger partial charge in [0.1, 0.15) is 0 Å². The van der Waals surface area contributed by atoms with Crippen molar-refractivity contribution in [2.24, 2.45) is 0 Å². The highest BCUT2D eigenvalue weighted by atomic mass is 19.1. The highest BCUT2D eigenvalue weighted by molar-refractivity contribution is 5.68. The predicted molar refractivity (Wildman–Crippen MR) is 69.1 cm³/mol. The fraction of sp³-hybridized carbons (Fsp3) is 0.0714. The van der Waals surface area contributed by atoms with Crippen molar-refractivity contribution in [3.8, 4) is 0 Å². The molecule has 0 aliphatic carbocycles. The van der Waals surface area contributed by atoms with Crippen LogP contribution in [-0.4, -0.2) is 12.0 Å². The minimum absolute atomic E-state index is 0.460. The Bertz CT molecular complexity index is 518. The first-order valence-electron chi connectivity index (χ1n) is 5.36. The maximum atomic E-state index is 12.8. The van der Waals surface area contributed by atoms with E-state index in [-0.39, 0.29) is 0 Å². The van der Waals surface area contributed by atoms with Crippen LogP contribution >= 0.6 is 0 Å². The molecule has 1 N–H and O–H groups in total. The van der Waals surface area contributed by atoms with Gasteiger partial charge in [0.2, 0.25) is 5.95 Å². The smallest absolute Gasteiger partial charge is 0.213 e. The highest BCUT2D eigenvalue weighted by Gasteiger charge is 1.92. The quantitative estimate of drug-likeness (QED) is 0.814. The first-order chi connectivity index (χ1) is 8.28. The summed E-state index contributed by atoms with van der Waals surface area (Å²) in [4.78, 5) is 3.76. The Morgan fingerprint density at radius 1 is 1.06 bits per heavy atom. The van der Waals surface area contributed by atoms with Crippen molar-refractivity contribution in [2.45, 2.75) is 0 Å². The molecule has 1 heterocycles. The van der Waals surface area contributed by atoms with Gasteiger partial charge >= 0.3 is 0 Å². The monoisotopic (exact) mass is 228 g/mol. The van der Waals surface area contributed by atoms with E-state index in [2.05, 4.69) is 10.3 Å². The van der Waals surface area contributed by atoms with Gasteiger partial charge in [-0.05, 0) is 35.9 Å². The minimum Gasteiger partial charge on any atom is -0.388 e. The van der Waals surface area contributed by atoms with Crippen LogP contribution in [0.4, 0.5) is 10.1 Å². The van der Waals surface area contributed by atoms with Crippen molar-refractivity contribution in [1.82, 2.24) is 4.98 Å². The fourth-order valence-electron chi connectivity index (χ4n) is 1.46. The Kier molecular flexibility index (Phi) is 3.50. The van der Waals surface area contributed by atoms with Gasteiger partial charge in [-0.15, -0.1) is 0 Å². The molecule has 0 saturated carbocycles. The Morgan fingerprint density at radius 2 is 1.82 bits per heavy atom. The van der Waals surface area contributed by atoms with Crippen molar-refractivity contribution in [3.63, 3.8) is 0 Å². The van der Waals surface area contributed by atoms with Crippen LogP contribution in [0.1, 0.15) is 11.3 Å². The van der Waals surface area contributed by atoms with Crippen molar-refractivity contribution in [1.29, 1.82) is 0 Å². The summed E-state index contributed by atoms with van der Waals surface area (Å²) in [7, 11) is 1.88. The summed E-state index contributed by atoms with van der Waals surface area (Å²) in [5.74, 6) is -0.460. The molecule has 0 unspecified atom stereocenters. The topological polar surface area (TPSA) is 24.9 Å². The Labute approximate surface area is 99.8 Å². The molecule has 0 atom stereocenters. The van der Waals surface area contributed by atoms with Crippen LogP contribution in [0, 0.1) is 5.95 Å². The van der Waals surface area contributed by atoms with Gasteiger partial charge < -0.3 is 5.32 Å². The number of nitrogens with zero attached hydrogens (tertiary/aromatic N) is 1. The Morgan fingerprint density at radius 3 is 2.47 bits per heavy atom. The average Bonchev–Trinajstić information content (AvgIpc) is 2.37. The molecule has 17 heavy (non-hydrogen) atoms. The number of nitrogens with one attached hydrogen (secondary N) is 1. The molecule has 1 aromatic carbocycles. The molecule has 2 aromatic rings. The molecule has 3 heteroatoms. The number of halogens is 1. The summed E-state index contributed by atoms with van der Waals surface area (Å²) in [5, 5.41) is 3.05. The Hall–Kier alpha value is -2.16. The molecule has 2 nitrogen and oxygen atoms in total. The van der Waals surface area contributed by atoms with Crippen molar-refractivity contribution < 1.29 is 4.39 Å². The molecule has 0 aliphatic heterocycles. The third-order valence-electron chi connectivity index (χ3n) is 2.38. The largest absolute Gasteiger partial charge is 0.388 e. The summed E-state index contributed by atoms with van der Waals surface area (Å²) in [6.45, 7) is 0. The van der Waals surface area contributed by atoms with Gasteiger partial charge in [0.25, 0.3) is 0 Å². The molecule has 0 bridgehead atoms. The molecule has 0 aliphatic rings. The lowest BCUT2D eigenvalue weighted by molar-refractivity contribution is 0.583. The number of anilines is 1. The van der Waals surface area contributed by atoms with Gasteiger partial charge in [0, 0.05) is 12.7 Å². The normalized spacial score (nSPS) is 10.7. The van der Waals surface area contributed by atoms with Crippen LogP contribution < -0.4 is 5.32 Å². The maximum Gasteiger partial charge on any atom is 0.213 e. The highest BCUT2D eigenvalue weighted by Crippen LogP contribution is 2.11. The number of hydrogen-bond acceptors (Lipinski definition) is 2. The van der Waals surface area contributed by atoms with Gasteiger partial charge in [0.15, 0.2) is 0 Å². The zero-order chi connectivity index (χ0) is 12.1. The van der Waals surface area contributed by atoms with E-state index in [1.807, 2.05) is 37.4 Å². The van der Waals surface area contributed by atoms with Crippen LogP contribution in [-0.2, 0) is 0 Å². The van der Waals surface area contributed by atoms with Crippen LogP contribution in [0.25, 0.3) is 12.2 Å². The van der Waals surface area contributed by atoms with Crippen LogP contribution in [0.5, 0.6) is 0 Å². The lowest BCUT2D eigenvalue weighted by Gasteiger charge is -1.99. The molecule has 2 rings (SSSR count). The third-order valence-corrected chi connectivity index (χ3v) is 2.38. The summed E-state index contributed by atoms with van der Waals surface area (Å²) in [6.07, 6.45) is 3.69. The van der Waals surface area contributed by atoms with Crippen LogP contribution in [0.2, 0.25) is 0 Å². The SMILES string of the molecule is CNc1ccc(C=Cc2cccc(F)n2)cc1. The van der Waals surface area contributed by atoms with Gasteiger partial charge in [-0.25, -0.2) is 4.98 Å². The number of aromatic nitrogens is 1. The molecule has 0 spiro atoms. The molecule has 0 radical (unpaired) electrons. The van der Waals surface area contributed by atoms with Crippen molar-refractivity contribution in [2.75, 3.05) is 12.4 Å². The van der Waals surface area contributed by atoms with E-state index >= 15 is 0 Å². The molecular formula is C14H13FN2. The number of hydrogen-bond donors (Lipinski definition) is 1. The molecule has 86 valence electrons. The number of benzene rings is 1. The standard InChI is InChI=1S/C14H13FN2/c1-16-12-8-5-11(6-9-12)7-10-13-3-2-4-14(15)17-13/h2-10,16H,1H3. The van der Waals surface area contributed by atoms with E-state index in [9.17, 15) is 4.39 Å². The van der Waals surface area contributed by atoms with Crippen LogP contribution in [0.15, 0.2) is 42.5 Å². The van der Waals surface area contributed by atoms with Gasteiger partial charge in [-0.2, -0.15) is 4.39 Å². The van der Waals surface area contributed by atoms with E-state index in [0.29, 0.717) is 5.69 Å². The molecule has 1 aromatic heterocycles. The summed E-state index contributed by atoms with van der Waals surface area (Å²) in [5.41, 5.74) is 2.73. The second-order valence-corrected chi connectivity index (χ2v) is 3.59. The number of pyridine rings is 1. The van der Waals surface area contributed by atoms with Crippen molar-refractivity contribution >= 4 is 17.8 Å². The summed E-state index contributed by atoms with van der Waals surface area (Å²) in [6, 6.07) is 12.7. The zero-order valence-corrected chi connectivity index (χ0v) is 9.52. The van der Waals surface area contributed by atoms with Crippen molar-refractivity contribution in [3.05, 3.63) is 59.7 Å². The number of rotatable bonds is 3. The second-order valence-electron chi connectivity index (χ2n) is 3.59. The molecule has 0 saturated heterocycles. The van der Waals surface area contributed by atoms with Gasteiger partial charge in [-0.1, -0.05) is 24.3 Å². The van der Waals surface area contributed by atoms with Crippen LogP contribution in [0.3, 0.4) is 0 Å². The van der Waals surface area contributed by atoms with E-state index in [1.54, 1.807) is 18.2 Å². The molecule has 0 amide bonds. The van der Waals surface area contributed by atoms with E-state index in [4.69, 9.17) is 0 Å². The van der Waals surface area contributed by atoms with E-state index in [1.165, 1.54) is 6.07 Å². The zero-order valence-electron chi connectivity index (χ0n) is 9.52. The van der Waals surface area contributed by atoms with E-state index < -0.39 is 5.95 Å².